The quantitative estimate of drug-likeness (QED) is 0.846. The first-order chi connectivity index (χ1) is 10.2. The molecule has 1 aromatic heterocycles. The summed E-state index contributed by atoms with van der Waals surface area (Å²) in [5.74, 6) is 6.51. The molecular formula is C17H18N2O2. The van der Waals surface area contributed by atoms with Crippen molar-refractivity contribution in [2.24, 2.45) is 5.73 Å². The van der Waals surface area contributed by atoms with Crippen LogP contribution in [0.3, 0.4) is 0 Å². The number of nitrogens with one attached hydrogen (secondary N) is 1. The summed E-state index contributed by atoms with van der Waals surface area (Å²) in [5.41, 5.74) is 7.95. The third-order valence-electron chi connectivity index (χ3n) is 2.95. The van der Waals surface area contributed by atoms with Crippen LogP contribution in [0.5, 0.6) is 0 Å². The molecule has 1 heterocycles. The average Bonchev–Trinajstić information content (AvgIpc) is 2.98. The largest absolute Gasteiger partial charge is 0.469 e. The molecule has 0 bridgehead atoms. The smallest absolute Gasteiger partial charge is 0.224 e. The Morgan fingerprint density at radius 1 is 1.38 bits per heavy atom. The van der Waals surface area contributed by atoms with E-state index in [1.54, 1.807) is 6.26 Å². The third-order valence-corrected chi connectivity index (χ3v) is 2.95. The number of anilines is 1. The molecule has 0 aliphatic carbocycles. The molecule has 2 aromatic rings. The number of furan rings is 1. The van der Waals surface area contributed by atoms with Gasteiger partial charge in [0.2, 0.25) is 5.91 Å². The van der Waals surface area contributed by atoms with Crippen LogP contribution in [0, 0.1) is 18.8 Å². The Morgan fingerprint density at radius 3 is 2.95 bits per heavy atom. The number of nitrogens with two attached hydrogens (primary N) is 1. The van der Waals surface area contributed by atoms with Gasteiger partial charge in [-0.2, -0.15) is 0 Å². The maximum Gasteiger partial charge on any atom is 0.224 e. The van der Waals surface area contributed by atoms with Crippen molar-refractivity contribution in [1.82, 2.24) is 0 Å². The molecule has 3 N–H and O–H groups in total. The fraction of sp³-hybridized carbons (Fsp3) is 0.235. The van der Waals surface area contributed by atoms with Crippen molar-refractivity contribution in [3.05, 3.63) is 53.5 Å². The highest BCUT2D eigenvalue weighted by Gasteiger charge is 2.07. The van der Waals surface area contributed by atoms with Crippen molar-refractivity contribution in [3.8, 4) is 11.8 Å². The first-order valence-electron chi connectivity index (χ1n) is 6.81. The Kier molecular flexibility index (Phi) is 5.19. The van der Waals surface area contributed by atoms with Crippen molar-refractivity contribution in [1.29, 1.82) is 0 Å². The molecule has 0 radical (unpaired) electrons. The highest BCUT2D eigenvalue weighted by Crippen LogP contribution is 2.17. The SMILES string of the molecule is Cc1ccc(C#CCN)c(NC(=O)CCc2ccco2)c1. The molecule has 0 spiro atoms. The first kappa shape index (κ1) is 14.9. The standard InChI is InChI=1S/C17H18N2O2/c1-13-6-7-14(4-2-10-18)16(12-13)19-17(20)9-8-15-5-3-11-21-15/h3,5-7,11-12H,8-10,18H2,1H3,(H,19,20). The molecule has 4 nitrogen and oxygen atoms in total. The van der Waals surface area contributed by atoms with Gasteiger partial charge in [0, 0.05) is 18.4 Å². The number of amides is 1. The van der Waals surface area contributed by atoms with Gasteiger partial charge >= 0.3 is 0 Å². The van der Waals surface area contributed by atoms with Gasteiger partial charge in [0.15, 0.2) is 0 Å². The lowest BCUT2D eigenvalue weighted by atomic mass is 10.1. The van der Waals surface area contributed by atoms with Gasteiger partial charge in [-0.3, -0.25) is 4.79 Å². The van der Waals surface area contributed by atoms with Crippen molar-refractivity contribution in [2.75, 3.05) is 11.9 Å². The molecule has 0 aliphatic rings. The molecule has 0 saturated carbocycles. The molecule has 2 rings (SSSR count). The summed E-state index contributed by atoms with van der Waals surface area (Å²) >= 11 is 0. The first-order valence-corrected chi connectivity index (χ1v) is 6.81. The minimum atomic E-state index is -0.0622. The molecule has 0 unspecified atom stereocenters. The van der Waals surface area contributed by atoms with Crippen molar-refractivity contribution < 1.29 is 9.21 Å². The Hall–Kier alpha value is -2.51. The lowest BCUT2D eigenvalue weighted by Gasteiger charge is -2.08. The summed E-state index contributed by atoms with van der Waals surface area (Å²) in [4.78, 5) is 12.0. The average molecular weight is 282 g/mol. The summed E-state index contributed by atoms with van der Waals surface area (Å²) in [5, 5.41) is 2.90. The lowest BCUT2D eigenvalue weighted by Crippen LogP contribution is -2.13. The van der Waals surface area contributed by atoms with Crippen molar-refractivity contribution in [2.45, 2.75) is 19.8 Å². The van der Waals surface area contributed by atoms with E-state index in [-0.39, 0.29) is 5.91 Å². The van der Waals surface area contributed by atoms with Crippen LogP contribution in [0.4, 0.5) is 5.69 Å². The van der Waals surface area contributed by atoms with Gasteiger partial charge in [-0.15, -0.1) is 0 Å². The van der Waals surface area contributed by atoms with Crippen molar-refractivity contribution in [3.63, 3.8) is 0 Å². The van der Waals surface area contributed by atoms with Crippen LogP contribution >= 0.6 is 0 Å². The van der Waals surface area contributed by atoms with E-state index in [4.69, 9.17) is 10.2 Å². The van der Waals surface area contributed by atoms with E-state index in [1.165, 1.54) is 0 Å². The maximum atomic E-state index is 12.0. The van der Waals surface area contributed by atoms with Gasteiger partial charge in [-0.25, -0.2) is 0 Å². The van der Waals surface area contributed by atoms with Gasteiger partial charge in [0.05, 0.1) is 18.5 Å². The van der Waals surface area contributed by atoms with E-state index >= 15 is 0 Å². The zero-order valence-corrected chi connectivity index (χ0v) is 12.0. The predicted octanol–water partition coefficient (Wildman–Crippen LogP) is 2.47. The monoisotopic (exact) mass is 282 g/mol. The van der Waals surface area contributed by atoms with E-state index in [9.17, 15) is 4.79 Å². The zero-order valence-electron chi connectivity index (χ0n) is 12.0. The van der Waals surface area contributed by atoms with Gasteiger partial charge in [-0.1, -0.05) is 17.9 Å². The van der Waals surface area contributed by atoms with E-state index in [2.05, 4.69) is 17.2 Å². The minimum Gasteiger partial charge on any atom is -0.469 e. The second kappa shape index (κ2) is 7.32. The van der Waals surface area contributed by atoms with Gasteiger partial charge in [0.1, 0.15) is 5.76 Å². The topological polar surface area (TPSA) is 68.3 Å². The van der Waals surface area contributed by atoms with Gasteiger partial charge < -0.3 is 15.5 Å². The minimum absolute atomic E-state index is 0.0622. The van der Waals surface area contributed by atoms with Crippen molar-refractivity contribution >= 4 is 11.6 Å². The fourth-order valence-corrected chi connectivity index (χ4v) is 1.92. The number of aryl methyl sites for hydroxylation is 2. The number of hydrogen-bond acceptors (Lipinski definition) is 3. The molecule has 21 heavy (non-hydrogen) atoms. The van der Waals surface area contributed by atoms with Gasteiger partial charge in [0.25, 0.3) is 0 Å². The maximum absolute atomic E-state index is 12.0. The number of hydrogen-bond donors (Lipinski definition) is 2. The van der Waals surface area contributed by atoms with Crippen LogP contribution in [0.15, 0.2) is 41.0 Å². The molecule has 0 aliphatic heterocycles. The van der Waals surface area contributed by atoms with E-state index in [0.717, 1.165) is 22.6 Å². The van der Waals surface area contributed by atoms with Crippen LogP contribution in [-0.4, -0.2) is 12.5 Å². The Balaban J connectivity index is 2.03. The Morgan fingerprint density at radius 2 is 2.24 bits per heavy atom. The highest BCUT2D eigenvalue weighted by atomic mass is 16.3. The predicted molar refractivity (Wildman–Crippen MR) is 82.8 cm³/mol. The second-order valence-electron chi connectivity index (χ2n) is 4.68. The number of carbonyl (C=O) groups is 1. The second-order valence-corrected chi connectivity index (χ2v) is 4.68. The van der Waals surface area contributed by atoms with Gasteiger partial charge in [-0.05, 0) is 36.8 Å². The number of carbonyl (C=O) groups excluding carboxylic acids is 1. The number of benzene rings is 1. The highest BCUT2D eigenvalue weighted by molar-refractivity contribution is 5.92. The molecule has 0 saturated heterocycles. The zero-order chi connectivity index (χ0) is 15.1. The van der Waals surface area contributed by atoms with Crippen LogP contribution in [0.25, 0.3) is 0 Å². The summed E-state index contributed by atoms with van der Waals surface area (Å²) in [7, 11) is 0. The normalized spacial score (nSPS) is 9.81. The summed E-state index contributed by atoms with van der Waals surface area (Å²) < 4.78 is 5.21. The molecule has 0 fully saturated rings. The molecule has 4 heteroatoms. The van der Waals surface area contributed by atoms with E-state index in [1.807, 2.05) is 37.3 Å². The summed E-state index contributed by atoms with van der Waals surface area (Å²) in [6, 6.07) is 9.43. The van der Waals surface area contributed by atoms with Crippen LogP contribution in [0.2, 0.25) is 0 Å². The molecule has 1 amide bonds. The third kappa shape index (κ3) is 4.51. The molecule has 1 aromatic carbocycles. The number of rotatable bonds is 4. The summed E-state index contributed by atoms with van der Waals surface area (Å²) in [6.07, 6.45) is 2.55. The van der Waals surface area contributed by atoms with E-state index < -0.39 is 0 Å². The Bertz CT molecular complexity index is 664. The van der Waals surface area contributed by atoms with Crippen LogP contribution < -0.4 is 11.1 Å². The fourth-order valence-electron chi connectivity index (χ4n) is 1.92. The van der Waals surface area contributed by atoms with Crippen LogP contribution in [0.1, 0.15) is 23.3 Å². The van der Waals surface area contributed by atoms with Crippen LogP contribution in [-0.2, 0) is 11.2 Å². The molecule has 108 valence electrons. The summed E-state index contributed by atoms with van der Waals surface area (Å²) in [6.45, 7) is 2.26. The van der Waals surface area contributed by atoms with E-state index in [0.29, 0.717) is 19.4 Å². The molecule has 0 atom stereocenters. The lowest BCUT2D eigenvalue weighted by molar-refractivity contribution is -0.116. The Labute approximate surface area is 124 Å². The molecular weight excluding hydrogens is 264 g/mol.